The van der Waals surface area contributed by atoms with Crippen molar-refractivity contribution in [2.24, 2.45) is 0 Å². The number of hydrogen-bond donors (Lipinski definition) is 3. The molecule has 19 heavy (non-hydrogen) atoms. The van der Waals surface area contributed by atoms with Gasteiger partial charge >= 0.3 is 5.97 Å². The van der Waals surface area contributed by atoms with Crippen molar-refractivity contribution < 1.29 is 14.7 Å². The summed E-state index contributed by atoms with van der Waals surface area (Å²) in [6.07, 6.45) is 1.81. The average molecular weight is 262 g/mol. The van der Waals surface area contributed by atoms with E-state index in [1.807, 2.05) is 24.3 Å². The molecule has 3 N–H and O–H groups in total. The topological polar surface area (TPSA) is 78.4 Å². The molecule has 0 spiro atoms. The molecule has 0 saturated carbocycles. The van der Waals surface area contributed by atoms with Crippen LogP contribution in [0.1, 0.15) is 24.0 Å². The zero-order valence-corrected chi connectivity index (χ0v) is 10.7. The summed E-state index contributed by atoms with van der Waals surface area (Å²) in [6.45, 7) is 1.26. The molecule has 1 saturated heterocycles. The molecule has 1 aliphatic heterocycles. The second-order valence-corrected chi connectivity index (χ2v) is 4.71. The van der Waals surface area contributed by atoms with Crippen LogP contribution in [0.2, 0.25) is 0 Å². The molecular weight excluding hydrogens is 244 g/mol. The van der Waals surface area contributed by atoms with Crippen LogP contribution < -0.4 is 10.6 Å². The number of carbonyl (C=O) groups is 2. The maximum atomic E-state index is 11.6. The Labute approximate surface area is 112 Å². The molecule has 1 fully saturated rings. The van der Waals surface area contributed by atoms with E-state index in [1.54, 1.807) is 0 Å². The van der Waals surface area contributed by atoms with Gasteiger partial charge in [0.2, 0.25) is 5.91 Å². The van der Waals surface area contributed by atoms with Crippen LogP contribution >= 0.6 is 0 Å². The monoisotopic (exact) mass is 262 g/mol. The molecule has 1 unspecified atom stereocenters. The van der Waals surface area contributed by atoms with E-state index in [2.05, 4.69) is 10.6 Å². The number of benzene rings is 1. The molecule has 0 radical (unpaired) electrons. The molecule has 102 valence electrons. The Morgan fingerprint density at radius 2 is 2.11 bits per heavy atom. The van der Waals surface area contributed by atoms with Crippen LogP contribution in [0.3, 0.4) is 0 Å². The molecule has 0 aromatic heterocycles. The first kappa shape index (κ1) is 13.5. The van der Waals surface area contributed by atoms with Crippen LogP contribution in [-0.4, -0.2) is 29.6 Å². The van der Waals surface area contributed by atoms with Crippen molar-refractivity contribution in [1.29, 1.82) is 0 Å². The van der Waals surface area contributed by atoms with E-state index in [0.717, 1.165) is 30.5 Å². The van der Waals surface area contributed by atoms with Crippen molar-refractivity contribution >= 4 is 11.9 Å². The van der Waals surface area contributed by atoms with Crippen molar-refractivity contribution in [2.45, 2.75) is 31.8 Å². The number of carboxylic acids is 1. The number of nitrogens with one attached hydrogen (secondary N) is 2. The van der Waals surface area contributed by atoms with Gasteiger partial charge in [-0.15, -0.1) is 0 Å². The summed E-state index contributed by atoms with van der Waals surface area (Å²) in [7, 11) is 0. The second-order valence-electron chi connectivity index (χ2n) is 4.71. The van der Waals surface area contributed by atoms with Crippen molar-refractivity contribution in [1.82, 2.24) is 10.6 Å². The Kier molecular flexibility index (Phi) is 4.52. The van der Waals surface area contributed by atoms with Crippen molar-refractivity contribution in [3.05, 3.63) is 35.4 Å². The van der Waals surface area contributed by atoms with Gasteiger partial charge in [0.1, 0.15) is 0 Å². The predicted molar refractivity (Wildman–Crippen MR) is 70.7 cm³/mol. The van der Waals surface area contributed by atoms with E-state index in [1.165, 1.54) is 0 Å². The summed E-state index contributed by atoms with van der Waals surface area (Å²) in [4.78, 5) is 22.4. The summed E-state index contributed by atoms with van der Waals surface area (Å²) in [5.74, 6) is -0.815. The first-order valence-electron chi connectivity index (χ1n) is 6.46. The molecule has 1 aliphatic rings. The van der Waals surface area contributed by atoms with Gasteiger partial charge in [-0.25, -0.2) is 0 Å². The number of carboxylic acid groups (broad SMARTS) is 1. The van der Waals surface area contributed by atoms with Crippen LogP contribution in [0.15, 0.2) is 24.3 Å². The zero-order chi connectivity index (χ0) is 13.7. The van der Waals surface area contributed by atoms with Gasteiger partial charge in [-0.3, -0.25) is 9.59 Å². The third kappa shape index (κ3) is 3.79. The fraction of sp³-hybridized carbons (Fsp3) is 0.429. The summed E-state index contributed by atoms with van der Waals surface area (Å²) in [5.41, 5.74) is 1.72. The van der Waals surface area contributed by atoms with Gasteiger partial charge in [0, 0.05) is 13.1 Å². The van der Waals surface area contributed by atoms with E-state index in [0.29, 0.717) is 6.54 Å². The van der Waals surface area contributed by atoms with E-state index >= 15 is 0 Å². The highest BCUT2D eigenvalue weighted by Crippen LogP contribution is 2.11. The number of carbonyl (C=O) groups excluding carboxylic acids is 1. The van der Waals surface area contributed by atoms with Gasteiger partial charge in [-0.1, -0.05) is 24.3 Å². The van der Waals surface area contributed by atoms with E-state index in [4.69, 9.17) is 5.11 Å². The lowest BCUT2D eigenvalue weighted by Gasteiger charge is -2.23. The molecule has 1 heterocycles. The standard InChI is InChI=1S/C14H18N2O3/c17-13(18)8-10-4-1-2-5-11(10)9-16-12-6-3-7-15-14(12)19/h1-2,4-5,12,16H,3,6-9H2,(H,15,19)(H,17,18). The number of aliphatic carboxylic acids is 1. The Hall–Kier alpha value is -1.88. The summed E-state index contributed by atoms with van der Waals surface area (Å²) < 4.78 is 0. The van der Waals surface area contributed by atoms with Gasteiger partial charge in [0.15, 0.2) is 0 Å². The molecule has 0 bridgehead atoms. The highest BCUT2D eigenvalue weighted by atomic mass is 16.4. The smallest absolute Gasteiger partial charge is 0.307 e. The van der Waals surface area contributed by atoms with Crippen LogP contribution in [0.5, 0.6) is 0 Å². The van der Waals surface area contributed by atoms with Crippen molar-refractivity contribution in [3.8, 4) is 0 Å². The van der Waals surface area contributed by atoms with E-state index in [9.17, 15) is 9.59 Å². The van der Waals surface area contributed by atoms with E-state index < -0.39 is 5.97 Å². The lowest BCUT2D eigenvalue weighted by atomic mass is 10.0. The molecular formula is C14H18N2O3. The molecule has 2 rings (SSSR count). The van der Waals surface area contributed by atoms with Crippen molar-refractivity contribution in [2.75, 3.05) is 6.54 Å². The number of rotatable bonds is 5. The predicted octanol–water partition coefficient (Wildman–Crippen LogP) is 0.682. The van der Waals surface area contributed by atoms with Gasteiger partial charge in [0.25, 0.3) is 0 Å². The maximum Gasteiger partial charge on any atom is 0.307 e. The number of piperidine rings is 1. The van der Waals surface area contributed by atoms with Gasteiger partial charge in [0.05, 0.1) is 12.5 Å². The van der Waals surface area contributed by atoms with Gasteiger partial charge in [-0.2, -0.15) is 0 Å². The molecule has 0 aliphatic carbocycles. The van der Waals surface area contributed by atoms with Crippen LogP contribution in [-0.2, 0) is 22.6 Å². The first-order valence-corrected chi connectivity index (χ1v) is 6.46. The minimum Gasteiger partial charge on any atom is -0.481 e. The van der Waals surface area contributed by atoms with Gasteiger partial charge < -0.3 is 15.7 Å². The quantitative estimate of drug-likeness (QED) is 0.729. The normalized spacial score (nSPS) is 18.9. The lowest BCUT2D eigenvalue weighted by molar-refractivity contribution is -0.136. The van der Waals surface area contributed by atoms with Crippen LogP contribution in [0.4, 0.5) is 0 Å². The third-order valence-electron chi connectivity index (χ3n) is 3.28. The average Bonchev–Trinajstić information content (AvgIpc) is 2.39. The Morgan fingerprint density at radius 3 is 2.79 bits per heavy atom. The highest BCUT2D eigenvalue weighted by molar-refractivity contribution is 5.82. The minimum absolute atomic E-state index is 0.00865. The summed E-state index contributed by atoms with van der Waals surface area (Å²) in [5, 5.41) is 14.9. The van der Waals surface area contributed by atoms with Crippen LogP contribution in [0.25, 0.3) is 0 Å². The Bertz CT molecular complexity index is 474. The van der Waals surface area contributed by atoms with Gasteiger partial charge in [-0.05, 0) is 24.0 Å². The molecule has 1 amide bonds. The largest absolute Gasteiger partial charge is 0.481 e. The summed E-state index contributed by atoms with van der Waals surface area (Å²) >= 11 is 0. The Balaban J connectivity index is 1.98. The number of amides is 1. The molecule has 5 nitrogen and oxygen atoms in total. The number of hydrogen-bond acceptors (Lipinski definition) is 3. The first-order chi connectivity index (χ1) is 9.16. The summed E-state index contributed by atoms with van der Waals surface area (Å²) in [6, 6.07) is 7.24. The molecule has 1 atom stereocenters. The minimum atomic E-state index is -0.845. The fourth-order valence-electron chi connectivity index (χ4n) is 2.27. The SMILES string of the molecule is O=C(O)Cc1ccccc1CNC1CCCNC1=O. The Morgan fingerprint density at radius 1 is 1.37 bits per heavy atom. The van der Waals surface area contributed by atoms with Crippen LogP contribution in [0, 0.1) is 0 Å². The molecule has 1 aromatic rings. The maximum absolute atomic E-state index is 11.6. The molecule has 5 heteroatoms. The second kappa shape index (κ2) is 6.33. The van der Waals surface area contributed by atoms with E-state index in [-0.39, 0.29) is 18.4 Å². The zero-order valence-electron chi connectivity index (χ0n) is 10.7. The molecule has 1 aromatic carbocycles. The fourth-order valence-corrected chi connectivity index (χ4v) is 2.27. The lowest BCUT2D eigenvalue weighted by Crippen LogP contribution is -2.48. The van der Waals surface area contributed by atoms with Crippen molar-refractivity contribution in [3.63, 3.8) is 0 Å². The third-order valence-corrected chi connectivity index (χ3v) is 3.28. The highest BCUT2D eigenvalue weighted by Gasteiger charge is 2.21.